The fourth-order valence-electron chi connectivity index (χ4n) is 1.55. The molecule has 1 aromatic heterocycles. The first-order chi connectivity index (χ1) is 8.19. The van der Waals surface area contributed by atoms with E-state index in [1.165, 1.54) is 23.5 Å². The molecule has 17 heavy (non-hydrogen) atoms. The van der Waals surface area contributed by atoms with Gasteiger partial charge < -0.3 is 4.90 Å². The van der Waals surface area contributed by atoms with E-state index in [1.807, 2.05) is 18.0 Å². The zero-order chi connectivity index (χ0) is 12.3. The molecule has 0 unspecified atom stereocenters. The molecule has 0 aliphatic rings. The second-order valence-corrected chi connectivity index (χ2v) is 4.87. The highest BCUT2D eigenvalue weighted by Gasteiger charge is 2.05. The van der Waals surface area contributed by atoms with Crippen molar-refractivity contribution in [3.63, 3.8) is 0 Å². The molecule has 0 atom stereocenters. The van der Waals surface area contributed by atoms with Crippen LogP contribution in [0.3, 0.4) is 0 Å². The molecule has 0 fully saturated rings. The summed E-state index contributed by atoms with van der Waals surface area (Å²) in [6.07, 6.45) is 0.847. The van der Waals surface area contributed by atoms with E-state index in [4.69, 9.17) is 0 Å². The van der Waals surface area contributed by atoms with Gasteiger partial charge in [-0.25, -0.2) is 4.39 Å². The van der Waals surface area contributed by atoms with Crippen LogP contribution in [0.4, 0.5) is 9.39 Å². The lowest BCUT2D eigenvalue weighted by atomic mass is 10.2. The third kappa shape index (κ3) is 2.91. The van der Waals surface area contributed by atoms with Crippen molar-refractivity contribution in [2.24, 2.45) is 0 Å². The van der Waals surface area contributed by atoms with Crippen molar-refractivity contribution in [1.29, 1.82) is 0 Å². The summed E-state index contributed by atoms with van der Waals surface area (Å²) in [5.74, 6) is -0.226. The maximum atomic E-state index is 12.7. The smallest absolute Gasteiger partial charge is 0.160 e. The van der Waals surface area contributed by atoms with Gasteiger partial charge in [-0.05, 0) is 29.8 Å². The molecule has 2 nitrogen and oxygen atoms in total. The van der Waals surface area contributed by atoms with Crippen LogP contribution >= 0.6 is 11.3 Å². The van der Waals surface area contributed by atoms with Crippen LogP contribution in [0, 0.1) is 5.82 Å². The predicted molar refractivity (Wildman–Crippen MR) is 68.2 cm³/mol. The van der Waals surface area contributed by atoms with Gasteiger partial charge in [0.2, 0.25) is 0 Å². The number of aldehydes is 1. The number of carbonyl (C=O) groups excluding carboxylic acids is 1. The Kier molecular flexibility index (Phi) is 3.54. The van der Waals surface area contributed by atoms with Crippen LogP contribution in [0.1, 0.15) is 15.2 Å². The SMILES string of the molecule is CN(Cc1ccc(F)cc1)c1ccc(C=O)s1. The van der Waals surface area contributed by atoms with Crippen molar-refractivity contribution in [3.05, 3.63) is 52.7 Å². The van der Waals surface area contributed by atoms with Crippen molar-refractivity contribution in [3.8, 4) is 0 Å². The molecule has 0 saturated carbocycles. The molecule has 0 bridgehead atoms. The molecule has 0 N–H and O–H groups in total. The molecule has 0 aliphatic heterocycles. The third-order valence-corrected chi connectivity index (χ3v) is 3.56. The van der Waals surface area contributed by atoms with E-state index in [-0.39, 0.29) is 5.82 Å². The van der Waals surface area contributed by atoms with Crippen molar-refractivity contribution in [2.45, 2.75) is 6.54 Å². The largest absolute Gasteiger partial charge is 0.362 e. The molecular weight excluding hydrogens is 237 g/mol. The maximum Gasteiger partial charge on any atom is 0.160 e. The highest BCUT2D eigenvalue weighted by Crippen LogP contribution is 2.25. The number of nitrogens with zero attached hydrogens (tertiary/aromatic N) is 1. The van der Waals surface area contributed by atoms with Crippen LogP contribution < -0.4 is 4.90 Å². The van der Waals surface area contributed by atoms with Gasteiger partial charge in [0, 0.05) is 13.6 Å². The second kappa shape index (κ2) is 5.10. The second-order valence-electron chi connectivity index (χ2n) is 3.78. The quantitative estimate of drug-likeness (QED) is 0.775. The normalized spacial score (nSPS) is 10.2. The molecule has 2 rings (SSSR count). The standard InChI is InChI=1S/C13H12FNOS/c1-15(13-7-6-12(9-16)17-13)8-10-2-4-11(14)5-3-10/h2-7,9H,8H2,1H3. The fourth-order valence-corrected chi connectivity index (χ4v) is 2.33. The lowest BCUT2D eigenvalue weighted by molar-refractivity contribution is 0.112. The minimum absolute atomic E-state index is 0.226. The van der Waals surface area contributed by atoms with Crippen LogP contribution in [0.15, 0.2) is 36.4 Å². The van der Waals surface area contributed by atoms with Gasteiger partial charge in [-0.2, -0.15) is 0 Å². The van der Waals surface area contributed by atoms with Gasteiger partial charge in [-0.1, -0.05) is 12.1 Å². The Labute approximate surface area is 103 Å². The number of hydrogen-bond donors (Lipinski definition) is 0. The number of rotatable bonds is 4. The van der Waals surface area contributed by atoms with E-state index >= 15 is 0 Å². The summed E-state index contributed by atoms with van der Waals surface area (Å²) < 4.78 is 12.7. The minimum Gasteiger partial charge on any atom is -0.362 e. The van der Waals surface area contributed by atoms with E-state index in [9.17, 15) is 9.18 Å². The van der Waals surface area contributed by atoms with Gasteiger partial charge in [0.15, 0.2) is 6.29 Å². The molecular formula is C13H12FNOS. The molecule has 0 amide bonds. The Morgan fingerprint density at radius 3 is 2.53 bits per heavy atom. The first-order valence-electron chi connectivity index (χ1n) is 5.19. The first-order valence-corrected chi connectivity index (χ1v) is 6.01. The molecule has 1 aromatic carbocycles. The van der Waals surface area contributed by atoms with Gasteiger partial charge in [-0.15, -0.1) is 11.3 Å². The lowest BCUT2D eigenvalue weighted by Gasteiger charge is -2.16. The van der Waals surface area contributed by atoms with Gasteiger partial charge >= 0.3 is 0 Å². The van der Waals surface area contributed by atoms with E-state index < -0.39 is 0 Å². The summed E-state index contributed by atoms with van der Waals surface area (Å²) in [5.41, 5.74) is 1.04. The predicted octanol–water partition coefficient (Wildman–Crippen LogP) is 3.34. The van der Waals surface area contributed by atoms with Crippen molar-refractivity contribution < 1.29 is 9.18 Å². The number of thiophene rings is 1. The molecule has 88 valence electrons. The van der Waals surface area contributed by atoms with Gasteiger partial charge in [0.1, 0.15) is 5.82 Å². The number of benzene rings is 1. The number of halogens is 1. The summed E-state index contributed by atoms with van der Waals surface area (Å²) >= 11 is 1.45. The first kappa shape index (κ1) is 11.8. The van der Waals surface area contributed by atoms with Crippen LogP contribution in [-0.2, 0) is 6.54 Å². The zero-order valence-electron chi connectivity index (χ0n) is 9.39. The monoisotopic (exact) mass is 249 g/mol. The van der Waals surface area contributed by atoms with Crippen molar-refractivity contribution in [1.82, 2.24) is 0 Å². The summed E-state index contributed by atoms with van der Waals surface area (Å²) in [6, 6.07) is 10.1. The number of carbonyl (C=O) groups is 1. The Morgan fingerprint density at radius 2 is 1.94 bits per heavy atom. The van der Waals surface area contributed by atoms with Crippen molar-refractivity contribution >= 4 is 22.6 Å². The average Bonchev–Trinajstić information content (AvgIpc) is 2.81. The van der Waals surface area contributed by atoms with E-state index in [0.717, 1.165) is 16.9 Å². The minimum atomic E-state index is -0.226. The molecule has 1 heterocycles. The van der Waals surface area contributed by atoms with E-state index in [2.05, 4.69) is 0 Å². The zero-order valence-corrected chi connectivity index (χ0v) is 10.2. The van der Waals surface area contributed by atoms with Gasteiger partial charge in [0.25, 0.3) is 0 Å². The van der Waals surface area contributed by atoms with Crippen LogP contribution in [0.2, 0.25) is 0 Å². The third-order valence-electron chi connectivity index (χ3n) is 2.44. The summed E-state index contributed by atoms with van der Waals surface area (Å²) in [4.78, 5) is 13.3. The number of hydrogen-bond acceptors (Lipinski definition) is 3. The molecule has 0 spiro atoms. The fraction of sp³-hybridized carbons (Fsp3) is 0.154. The van der Waals surface area contributed by atoms with Gasteiger partial charge in [0.05, 0.1) is 9.88 Å². The van der Waals surface area contributed by atoms with Crippen LogP contribution in [-0.4, -0.2) is 13.3 Å². The Morgan fingerprint density at radius 1 is 1.24 bits per heavy atom. The average molecular weight is 249 g/mol. The van der Waals surface area contributed by atoms with Gasteiger partial charge in [-0.3, -0.25) is 4.79 Å². The van der Waals surface area contributed by atoms with Crippen molar-refractivity contribution in [2.75, 3.05) is 11.9 Å². The summed E-state index contributed by atoms with van der Waals surface area (Å²) in [5, 5.41) is 1.02. The lowest BCUT2D eigenvalue weighted by Crippen LogP contribution is -2.14. The Bertz CT molecular complexity index is 506. The highest BCUT2D eigenvalue weighted by molar-refractivity contribution is 7.17. The molecule has 0 radical (unpaired) electrons. The highest BCUT2D eigenvalue weighted by atomic mass is 32.1. The number of anilines is 1. The molecule has 4 heteroatoms. The summed E-state index contributed by atoms with van der Waals surface area (Å²) in [6.45, 7) is 0.694. The van der Waals surface area contributed by atoms with Crippen LogP contribution in [0.25, 0.3) is 0 Å². The Balaban J connectivity index is 2.08. The molecule has 0 aliphatic carbocycles. The Hall–Kier alpha value is -1.68. The van der Waals surface area contributed by atoms with Crippen LogP contribution in [0.5, 0.6) is 0 Å². The maximum absolute atomic E-state index is 12.7. The summed E-state index contributed by atoms with van der Waals surface area (Å²) in [7, 11) is 1.95. The van der Waals surface area contributed by atoms with E-state index in [0.29, 0.717) is 11.4 Å². The molecule has 2 aromatic rings. The topological polar surface area (TPSA) is 20.3 Å². The molecule has 0 saturated heterocycles. The van der Waals surface area contributed by atoms with E-state index in [1.54, 1.807) is 18.2 Å².